The predicted octanol–water partition coefficient (Wildman–Crippen LogP) is 5.09. The summed E-state index contributed by atoms with van der Waals surface area (Å²) < 4.78 is 11.6. The minimum Gasteiger partial charge on any atom is -0.492 e. The summed E-state index contributed by atoms with van der Waals surface area (Å²) in [5.74, 6) is 0.516. The minimum absolute atomic E-state index is 0.236. The average Bonchev–Trinajstić information content (AvgIpc) is 3.30. The molecule has 0 aliphatic carbocycles. The Labute approximate surface area is 244 Å². The van der Waals surface area contributed by atoms with Gasteiger partial charge in [-0.3, -0.25) is 4.79 Å². The number of halogens is 2. The Morgan fingerprint density at radius 1 is 1.07 bits per heavy atom. The molecule has 2 aromatic carbocycles. The molecular weight excluding hydrogens is 577 g/mol. The number of thiazole rings is 1. The van der Waals surface area contributed by atoms with Crippen molar-refractivity contribution in [1.29, 1.82) is 0 Å². The molecule has 0 aliphatic rings. The van der Waals surface area contributed by atoms with Crippen LogP contribution in [0.15, 0.2) is 42.6 Å². The number of benzene rings is 2. The highest BCUT2D eigenvalue weighted by molar-refractivity contribution is 7.18. The van der Waals surface area contributed by atoms with Gasteiger partial charge in [0, 0.05) is 17.2 Å². The van der Waals surface area contributed by atoms with Gasteiger partial charge in [0.25, 0.3) is 5.91 Å². The number of fused-ring (bicyclic) bond motifs is 1. The fourth-order valence-electron chi connectivity index (χ4n) is 3.40. The second-order valence-corrected chi connectivity index (χ2v) is 11.4. The smallest absolute Gasteiger partial charge is 0.408 e. The van der Waals surface area contributed by atoms with E-state index in [0.29, 0.717) is 39.5 Å². The third kappa shape index (κ3) is 8.38. The van der Waals surface area contributed by atoms with E-state index in [-0.39, 0.29) is 19.8 Å². The van der Waals surface area contributed by atoms with E-state index in [1.54, 1.807) is 18.2 Å². The lowest BCUT2D eigenvalue weighted by atomic mass is 10.1. The molecular formula is C26H27Cl2N7O4S. The van der Waals surface area contributed by atoms with Crippen molar-refractivity contribution in [2.24, 2.45) is 0 Å². The summed E-state index contributed by atoms with van der Waals surface area (Å²) in [5, 5.41) is 18.2. The first-order valence-corrected chi connectivity index (χ1v) is 13.8. The van der Waals surface area contributed by atoms with Gasteiger partial charge in [0.2, 0.25) is 5.95 Å². The number of aromatic nitrogens is 4. The number of anilines is 1. The van der Waals surface area contributed by atoms with E-state index in [0.717, 1.165) is 15.2 Å². The van der Waals surface area contributed by atoms with Crippen LogP contribution in [0.3, 0.4) is 0 Å². The standard InChI is InChI=1S/C26H27Cl2N7O4S/c1-26(2,3)34-25(37)39-14-21(36)29-9-10-38-15-7-8-20-18(11-15)32-22(40-20)13-30-24-33-19(12-31-35-24)23-16(27)5-4-6-17(23)28/h4-8,11-12H,9-10,13-14H2,1-3H3,(H,29,36)(H,34,37)(H,30,33,35). The van der Waals surface area contributed by atoms with E-state index in [1.165, 1.54) is 17.5 Å². The molecule has 2 heterocycles. The number of alkyl carbamates (subject to hydrolysis) is 1. The number of rotatable bonds is 10. The molecule has 4 aromatic rings. The SMILES string of the molecule is CC(C)(C)NC(=O)OCC(=O)NCCOc1ccc2sc(CNc3nncc(-c4c(Cl)cccc4Cl)n3)nc2c1. The normalized spacial score (nSPS) is 11.2. The van der Waals surface area contributed by atoms with Crippen molar-refractivity contribution in [3.8, 4) is 17.0 Å². The van der Waals surface area contributed by atoms with Crippen LogP contribution in [0, 0.1) is 0 Å². The fraction of sp³-hybridized carbons (Fsp3) is 0.308. The molecule has 210 valence electrons. The molecule has 3 N–H and O–H groups in total. The quantitative estimate of drug-likeness (QED) is 0.211. The van der Waals surface area contributed by atoms with Gasteiger partial charge in [0.1, 0.15) is 17.4 Å². The molecule has 0 bridgehead atoms. The van der Waals surface area contributed by atoms with Gasteiger partial charge in [-0.05, 0) is 45.0 Å². The largest absolute Gasteiger partial charge is 0.492 e. The highest BCUT2D eigenvalue weighted by Crippen LogP contribution is 2.33. The van der Waals surface area contributed by atoms with Gasteiger partial charge in [-0.2, -0.15) is 5.10 Å². The maximum atomic E-state index is 11.9. The second-order valence-electron chi connectivity index (χ2n) is 9.50. The molecule has 2 aromatic heterocycles. The Balaban J connectivity index is 1.26. The number of ether oxygens (including phenoxy) is 2. The minimum atomic E-state index is -0.648. The van der Waals surface area contributed by atoms with E-state index >= 15 is 0 Å². The molecule has 0 saturated heterocycles. The number of nitrogens with one attached hydrogen (secondary N) is 3. The molecule has 11 nitrogen and oxygen atoms in total. The monoisotopic (exact) mass is 603 g/mol. The van der Waals surface area contributed by atoms with Crippen LogP contribution < -0.4 is 20.7 Å². The van der Waals surface area contributed by atoms with Crippen molar-refractivity contribution in [3.05, 3.63) is 57.6 Å². The molecule has 0 aliphatic heterocycles. The van der Waals surface area contributed by atoms with Crippen LogP contribution >= 0.6 is 34.5 Å². The van der Waals surface area contributed by atoms with Crippen LogP contribution in [0.1, 0.15) is 25.8 Å². The highest BCUT2D eigenvalue weighted by Gasteiger charge is 2.16. The summed E-state index contributed by atoms with van der Waals surface area (Å²) in [4.78, 5) is 32.6. The van der Waals surface area contributed by atoms with Gasteiger partial charge in [-0.15, -0.1) is 16.4 Å². The van der Waals surface area contributed by atoms with Crippen molar-refractivity contribution < 1.29 is 19.1 Å². The maximum Gasteiger partial charge on any atom is 0.408 e. The Hall–Kier alpha value is -3.74. The van der Waals surface area contributed by atoms with Gasteiger partial charge < -0.3 is 25.4 Å². The molecule has 0 unspecified atom stereocenters. The van der Waals surface area contributed by atoms with Crippen molar-refractivity contribution in [2.75, 3.05) is 25.1 Å². The molecule has 4 rings (SSSR count). The molecule has 2 amide bonds. The molecule has 0 atom stereocenters. The van der Waals surface area contributed by atoms with Crippen molar-refractivity contribution in [1.82, 2.24) is 30.8 Å². The van der Waals surface area contributed by atoms with Crippen LogP contribution in [0.5, 0.6) is 5.75 Å². The summed E-state index contributed by atoms with van der Waals surface area (Å²) in [7, 11) is 0. The molecule has 0 radical (unpaired) electrons. The first-order valence-electron chi connectivity index (χ1n) is 12.2. The topological polar surface area (TPSA) is 140 Å². The van der Waals surface area contributed by atoms with E-state index < -0.39 is 17.5 Å². The van der Waals surface area contributed by atoms with Crippen LogP contribution in [-0.2, 0) is 16.1 Å². The Kier molecular flexibility index (Phi) is 9.56. The molecule has 0 spiro atoms. The lowest BCUT2D eigenvalue weighted by molar-refractivity contribution is -0.124. The Morgan fingerprint density at radius 3 is 2.60 bits per heavy atom. The van der Waals surface area contributed by atoms with Crippen molar-refractivity contribution in [2.45, 2.75) is 32.9 Å². The number of carbonyl (C=O) groups is 2. The Morgan fingerprint density at radius 2 is 1.85 bits per heavy atom. The molecule has 14 heteroatoms. The summed E-state index contributed by atoms with van der Waals surface area (Å²) in [5.41, 5.74) is 1.43. The zero-order valence-electron chi connectivity index (χ0n) is 22.0. The second kappa shape index (κ2) is 13.1. The lowest BCUT2D eigenvalue weighted by Gasteiger charge is -2.19. The summed E-state index contributed by atoms with van der Waals surface area (Å²) in [6.07, 6.45) is 0.855. The Bertz CT molecular complexity index is 1490. The van der Waals surface area contributed by atoms with Gasteiger partial charge in [0.05, 0.1) is 45.2 Å². The van der Waals surface area contributed by atoms with E-state index in [9.17, 15) is 9.59 Å². The zero-order chi connectivity index (χ0) is 28.7. The van der Waals surface area contributed by atoms with Crippen molar-refractivity contribution in [3.63, 3.8) is 0 Å². The van der Waals surface area contributed by atoms with Crippen molar-refractivity contribution >= 4 is 62.7 Å². The van der Waals surface area contributed by atoms with E-state index in [1.807, 2.05) is 39.0 Å². The highest BCUT2D eigenvalue weighted by atomic mass is 35.5. The number of amides is 2. The van der Waals surface area contributed by atoms with E-state index in [4.69, 9.17) is 32.7 Å². The first kappa shape index (κ1) is 29.2. The van der Waals surface area contributed by atoms with Crippen LogP contribution in [0.4, 0.5) is 10.7 Å². The molecule has 0 saturated carbocycles. The first-order chi connectivity index (χ1) is 19.1. The summed E-state index contributed by atoms with van der Waals surface area (Å²) >= 11 is 14.1. The van der Waals surface area contributed by atoms with Gasteiger partial charge in [0.15, 0.2) is 6.61 Å². The molecule has 0 fully saturated rings. The number of nitrogens with zero attached hydrogens (tertiary/aromatic N) is 4. The third-order valence-electron chi connectivity index (χ3n) is 5.08. The van der Waals surface area contributed by atoms with Gasteiger partial charge >= 0.3 is 6.09 Å². The maximum absolute atomic E-state index is 11.9. The van der Waals surface area contributed by atoms with E-state index in [2.05, 4.69) is 36.1 Å². The lowest BCUT2D eigenvalue weighted by Crippen LogP contribution is -2.42. The summed E-state index contributed by atoms with van der Waals surface area (Å²) in [6, 6.07) is 10.8. The average molecular weight is 605 g/mol. The number of hydrogen-bond donors (Lipinski definition) is 3. The van der Waals surface area contributed by atoms with Crippen LogP contribution in [0.25, 0.3) is 21.5 Å². The van der Waals surface area contributed by atoms with Gasteiger partial charge in [-0.1, -0.05) is 29.3 Å². The van der Waals surface area contributed by atoms with Crippen LogP contribution in [0.2, 0.25) is 10.0 Å². The molecule has 40 heavy (non-hydrogen) atoms. The number of hydrogen-bond acceptors (Lipinski definition) is 10. The van der Waals surface area contributed by atoms with Crippen LogP contribution in [-0.4, -0.2) is 57.5 Å². The third-order valence-corrected chi connectivity index (χ3v) is 6.75. The number of carbonyl (C=O) groups excluding carboxylic acids is 2. The fourth-order valence-corrected chi connectivity index (χ4v) is 4.88. The van der Waals surface area contributed by atoms with Gasteiger partial charge in [-0.25, -0.2) is 14.8 Å². The zero-order valence-corrected chi connectivity index (χ0v) is 24.3. The predicted molar refractivity (Wildman–Crippen MR) is 155 cm³/mol. The summed E-state index contributed by atoms with van der Waals surface area (Å²) in [6.45, 7) is 5.96.